The zero-order valence-corrected chi connectivity index (χ0v) is 13.6. The first kappa shape index (κ1) is 15.7. The van der Waals surface area contributed by atoms with Gasteiger partial charge in [-0.05, 0) is 25.3 Å². The summed E-state index contributed by atoms with van der Waals surface area (Å²) in [6.45, 7) is 1.82. The number of amides is 1. The minimum atomic E-state index is 0.256. The number of hydrogen-bond acceptors (Lipinski definition) is 5. The second kappa shape index (κ2) is 7.39. The smallest absolute Gasteiger partial charge is 0.231 e. The molecule has 0 aromatic carbocycles. The maximum absolute atomic E-state index is 12.3. The van der Waals surface area contributed by atoms with Gasteiger partial charge < -0.3 is 9.64 Å². The molecule has 0 atom stereocenters. The fraction of sp³-hybridized carbons (Fsp3) is 0.625. The molecular formula is C16H23N5O2. The summed E-state index contributed by atoms with van der Waals surface area (Å²) < 4.78 is 6.82. The number of aryl methyl sites for hydroxylation is 1. The SMILES string of the molecule is COc1ccc2nnc(CCCC(=O)N3CCCCCC3)n2n1. The van der Waals surface area contributed by atoms with Gasteiger partial charge in [-0.2, -0.15) is 4.52 Å². The highest BCUT2D eigenvalue weighted by Crippen LogP contribution is 2.13. The van der Waals surface area contributed by atoms with E-state index in [9.17, 15) is 4.79 Å². The van der Waals surface area contributed by atoms with Crippen LogP contribution in [0.4, 0.5) is 0 Å². The third kappa shape index (κ3) is 3.78. The minimum absolute atomic E-state index is 0.256. The van der Waals surface area contributed by atoms with Crippen LogP contribution >= 0.6 is 0 Å². The lowest BCUT2D eigenvalue weighted by molar-refractivity contribution is -0.131. The number of nitrogens with zero attached hydrogens (tertiary/aromatic N) is 5. The van der Waals surface area contributed by atoms with Crippen molar-refractivity contribution >= 4 is 11.6 Å². The first-order chi connectivity index (χ1) is 11.3. The van der Waals surface area contributed by atoms with Crippen LogP contribution in [0.1, 0.15) is 44.3 Å². The van der Waals surface area contributed by atoms with Crippen LogP contribution in [0.15, 0.2) is 12.1 Å². The third-order valence-corrected chi connectivity index (χ3v) is 4.26. The van der Waals surface area contributed by atoms with Crippen LogP contribution in [0, 0.1) is 0 Å². The Kier molecular flexibility index (Phi) is 5.05. The molecule has 3 rings (SSSR count). The Labute approximate surface area is 135 Å². The van der Waals surface area contributed by atoms with E-state index in [1.807, 2.05) is 11.0 Å². The van der Waals surface area contributed by atoms with E-state index in [0.717, 1.165) is 38.2 Å². The second-order valence-corrected chi connectivity index (χ2v) is 5.91. The van der Waals surface area contributed by atoms with E-state index < -0.39 is 0 Å². The molecule has 23 heavy (non-hydrogen) atoms. The molecule has 7 heteroatoms. The summed E-state index contributed by atoms with van der Waals surface area (Å²) >= 11 is 0. The van der Waals surface area contributed by atoms with Crippen molar-refractivity contribution in [3.63, 3.8) is 0 Å². The van der Waals surface area contributed by atoms with E-state index in [1.54, 1.807) is 17.7 Å². The van der Waals surface area contributed by atoms with Crippen molar-refractivity contribution < 1.29 is 9.53 Å². The number of fused-ring (bicyclic) bond motifs is 1. The molecular weight excluding hydrogens is 294 g/mol. The standard InChI is InChI=1S/C16H23N5O2/c1-23-15-10-9-14-18-17-13(21(14)19-15)7-6-8-16(22)20-11-4-2-3-5-12-20/h9-10H,2-8,11-12H2,1H3. The second-order valence-electron chi connectivity index (χ2n) is 5.91. The summed E-state index contributed by atoms with van der Waals surface area (Å²) in [5, 5.41) is 12.6. The summed E-state index contributed by atoms with van der Waals surface area (Å²) in [5.41, 5.74) is 0.694. The molecule has 0 saturated carbocycles. The molecule has 0 unspecified atom stereocenters. The molecule has 3 heterocycles. The molecule has 0 N–H and O–H groups in total. The quantitative estimate of drug-likeness (QED) is 0.841. The number of methoxy groups -OCH3 is 1. The fourth-order valence-electron chi connectivity index (χ4n) is 2.96. The Morgan fingerprint density at radius 3 is 2.70 bits per heavy atom. The Morgan fingerprint density at radius 1 is 1.17 bits per heavy atom. The number of ether oxygens (including phenoxy) is 1. The van der Waals surface area contributed by atoms with Crippen molar-refractivity contribution in [2.75, 3.05) is 20.2 Å². The average molecular weight is 317 g/mol. The topological polar surface area (TPSA) is 72.6 Å². The third-order valence-electron chi connectivity index (χ3n) is 4.26. The monoisotopic (exact) mass is 317 g/mol. The molecule has 0 radical (unpaired) electrons. The molecule has 1 saturated heterocycles. The zero-order chi connectivity index (χ0) is 16.1. The average Bonchev–Trinajstić information content (AvgIpc) is 2.79. The predicted octanol–water partition coefficient (Wildman–Crippen LogP) is 1.86. The normalized spacial score (nSPS) is 15.6. The highest BCUT2D eigenvalue weighted by molar-refractivity contribution is 5.76. The molecule has 1 fully saturated rings. The van der Waals surface area contributed by atoms with E-state index in [-0.39, 0.29) is 5.91 Å². The summed E-state index contributed by atoms with van der Waals surface area (Å²) in [6, 6.07) is 3.58. The van der Waals surface area contributed by atoms with Crippen LogP contribution < -0.4 is 4.74 Å². The summed E-state index contributed by atoms with van der Waals surface area (Å²) in [7, 11) is 1.58. The minimum Gasteiger partial charge on any atom is -0.480 e. The van der Waals surface area contributed by atoms with Gasteiger partial charge in [0.25, 0.3) is 0 Å². The van der Waals surface area contributed by atoms with Crippen molar-refractivity contribution in [1.82, 2.24) is 24.7 Å². The molecule has 1 aliphatic heterocycles. The van der Waals surface area contributed by atoms with Crippen molar-refractivity contribution in [3.8, 4) is 5.88 Å². The van der Waals surface area contributed by atoms with Gasteiger partial charge >= 0.3 is 0 Å². The summed E-state index contributed by atoms with van der Waals surface area (Å²) in [6.07, 6.45) is 6.73. The Morgan fingerprint density at radius 2 is 1.96 bits per heavy atom. The van der Waals surface area contributed by atoms with Gasteiger partial charge in [0.15, 0.2) is 11.5 Å². The highest BCUT2D eigenvalue weighted by atomic mass is 16.5. The Hall–Kier alpha value is -2.18. The maximum Gasteiger partial charge on any atom is 0.231 e. The summed E-state index contributed by atoms with van der Waals surface area (Å²) in [4.78, 5) is 14.3. The predicted molar refractivity (Wildman–Crippen MR) is 85.3 cm³/mol. The van der Waals surface area contributed by atoms with Gasteiger partial charge in [0.2, 0.25) is 11.8 Å². The molecule has 1 aliphatic rings. The molecule has 1 amide bonds. The number of hydrogen-bond donors (Lipinski definition) is 0. The maximum atomic E-state index is 12.3. The van der Waals surface area contributed by atoms with Gasteiger partial charge in [0, 0.05) is 32.0 Å². The molecule has 124 valence electrons. The first-order valence-electron chi connectivity index (χ1n) is 8.31. The lowest BCUT2D eigenvalue weighted by atomic mass is 10.2. The first-order valence-corrected chi connectivity index (χ1v) is 8.31. The molecule has 2 aromatic rings. The fourth-order valence-corrected chi connectivity index (χ4v) is 2.96. The Balaban J connectivity index is 1.57. The molecule has 0 aliphatic carbocycles. The number of likely N-dealkylation sites (tertiary alicyclic amines) is 1. The van der Waals surface area contributed by atoms with Gasteiger partial charge in [-0.25, -0.2) is 0 Å². The lowest BCUT2D eigenvalue weighted by Crippen LogP contribution is -2.31. The van der Waals surface area contributed by atoms with Crippen molar-refractivity contribution in [1.29, 1.82) is 0 Å². The van der Waals surface area contributed by atoms with E-state index >= 15 is 0 Å². The van der Waals surface area contributed by atoms with Crippen LogP contribution in [0.5, 0.6) is 5.88 Å². The van der Waals surface area contributed by atoms with Crippen LogP contribution in [0.2, 0.25) is 0 Å². The highest BCUT2D eigenvalue weighted by Gasteiger charge is 2.15. The van der Waals surface area contributed by atoms with Crippen molar-refractivity contribution in [2.45, 2.75) is 44.9 Å². The van der Waals surface area contributed by atoms with Gasteiger partial charge in [0.05, 0.1) is 7.11 Å². The molecule has 0 bridgehead atoms. The van der Waals surface area contributed by atoms with Crippen LogP contribution in [0.3, 0.4) is 0 Å². The number of carbonyl (C=O) groups excluding carboxylic acids is 1. The van der Waals surface area contributed by atoms with Gasteiger partial charge in [0.1, 0.15) is 0 Å². The zero-order valence-electron chi connectivity index (χ0n) is 13.6. The van der Waals surface area contributed by atoms with Crippen molar-refractivity contribution in [3.05, 3.63) is 18.0 Å². The van der Waals surface area contributed by atoms with E-state index in [1.165, 1.54) is 12.8 Å². The molecule has 7 nitrogen and oxygen atoms in total. The summed E-state index contributed by atoms with van der Waals surface area (Å²) in [5.74, 6) is 1.55. The number of rotatable bonds is 5. The Bertz CT molecular complexity index is 662. The van der Waals surface area contributed by atoms with Gasteiger partial charge in [-0.15, -0.1) is 15.3 Å². The van der Waals surface area contributed by atoms with E-state index in [0.29, 0.717) is 24.4 Å². The molecule has 2 aromatic heterocycles. The lowest BCUT2D eigenvalue weighted by Gasteiger charge is -2.20. The van der Waals surface area contributed by atoms with Gasteiger partial charge in [-0.3, -0.25) is 4.79 Å². The molecule has 0 spiro atoms. The van der Waals surface area contributed by atoms with Gasteiger partial charge in [-0.1, -0.05) is 12.8 Å². The largest absolute Gasteiger partial charge is 0.480 e. The van der Waals surface area contributed by atoms with Crippen LogP contribution in [-0.2, 0) is 11.2 Å². The van der Waals surface area contributed by atoms with E-state index in [4.69, 9.17) is 4.74 Å². The van der Waals surface area contributed by atoms with Crippen LogP contribution in [-0.4, -0.2) is 50.8 Å². The van der Waals surface area contributed by atoms with Crippen molar-refractivity contribution in [2.24, 2.45) is 0 Å². The van der Waals surface area contributed by atoms with Crippen LogP contribution in [0.25, 0.3) is 5.65 Å². The number of aromatic nitrogens is 4. The van der Waals surface area contributed by atoms with E-state index in [2.05, 4.69) is 15.3 Å². The number of carbonyl (C=O) groups is 1.